The molecule has 6 nitrogen and oxygen atoms in total. The molecule has 154 valence electrons. The summed E-state index contributed by atoms with van der Waals surface area (Å²) in [6, 6.07) is 12.4. The van der Waals surface area contributed by atoms with Crippen molar-refractivity contribution in [3.05, 3.63) is 65.5 Å². The number of ether oxygens (including phenoxy) is 3. The molecule has 9 heteroatoms. The van der Waals surface area contributed by atoms with Gasteiger partial charge in [-0.3, -0.25) is 4.79 Å². The van der Waals surface area contributed by atoms with Gasteiger partial charge in [0.15, 0.2) is 6.61 Å². The van der Waals surface area contributed by atoms with E-state index in [1.807, 2.05) is 0 Å². The van der Waals surface area contributed by atoms with Crippen molar-refractivity contribution < 1.29 is 32.2 Å². The highest BCUT2D eigenvalue weighted by Gasteiger charge is 2.31. The highest BCUT2D eigenvalue weighted by molar-refractivity contribution is 5.76. The van der Waals surface area contributed by atoms with Crippen molar-refractivity contribution in [2.45, 2.75) is 12.9 Å². The van der Waals surface area contributed by atoms with Crippen molar-refractivity contribution in [3.63, 3.8) is 0 Å². The molecule has 0 N–H and O–H groups in total. The number of esters is 1. The third kappa shape index (κ3) is 7.62. The van der Waals surface area contributed by atoms with Crippen molar-refractivity contribution in [1.82, 2.24) is 0 Å². The van der Waals surface area contributed by atoms with Crippen molar-refractivity contribution in [2.75, 3.05) is 31.7 Å². The zero-order valence-corrected chi connectivity index (χ0v) is 15.6. The monoisotopic (exact) mass is 408 g/mol. The predicted molar refractivity (Wildman–Crippen MR) is 99.6 cm³/mol. The number of carbonyl (C=O) groups is 1. The van der Waals surface area contributed by atoms with E-state index in [9.17, 15) is 18.0 Å². The summed E-state index contributed by atoms with van der Waals surface area (Å²) in [5.41, 5.74) is 1.12. The van der Waals surface area contributed by atoms with Gasteiger partial charge in [-0.05, 0) is 29.8 Å². The minimum atomic E-state index is -4.82. The lowest BCUT2D eigenvalue weighted by atomic mass is 10.1. The average Bonchev–Trinajstić information content (AvgIpc) is 2.67. The topological polar surface area (TPSA) is 52.4 Å². The second-order valence-electron chi connectivity index (χ2n) is 5.85. The van der Waals surface area contributed by atoms with Gasteiger partial charge in [0.1, 0.15) is 18.0 Å². The highest BCUT2D eigenvalue weighted by Crippen LogP contribution is 2.28. The van der Waals surface area contributed by atoms with Gasteiger partial charge >= 0.3 is 12.3 Å². The van der Waals surface area contributed by atoms with Crippen molar-refractivity contribution >= 4 is 11.7 Å². The third-order valence-electron chi connectivity index (χ3n) is 3.71. The lowest BCUT2D eigenvalue weighted by molar-refractivity contribution is -0.274. The van der Waals surface area contributed by atoms with Crippen LogP contribution in [0.2, 0.25) is 0 Å². The van der Waals surface area contributed by atoms with Crippen LogP contribution in [0.25, 0.3) is 4.85 Å². The second-order valence-corrected chi connectivity index (χ2v) is 5.85. The van der Waals surface area contributed by atoms with E-state index in [4.69, 9.17) is 16.0 Å². The number of methoxy groups -OCH3 is 1. The van der Waals surface area contributed by atoms with Crippen LogP contribution in [0.3, 0.4) is 0 Å². The molecule has 2 aromatic rings. The lowest BCUT2D eigenvalue weighted by Crippen LogP contribution is -2.30. The van der Waals surface area contributed by atoms with Gasteiger partial charge in [0.25, 0.3) is 0 Å². The van der Waals surface area contributed by atoms with E-state index in [0.29, 0.717) is 11.4 Å². The van der Waals surface area contributed by atoms with E-state index >= 15 is 0 Å². The maximum absolute atomic E-state index is 12.5. The second kappa shape index (κ2) is 10.2. The van der Waals surface area contributed by atoms with E-state index in [1.54, 1.807) is 35.2 Å². The molecule has 0 atom stereocenters. The molecule has 2 aromatic carbocycles. The van der Waals surface area contributed by atoms with Gasteiger partial charge < -0.3 is 24.0 Å². The highest BCUT2D eigenvalue weighted by atomic mass is 19.4. The Kier molecular flexibility index (Phi) is 7.71. The number of anilines is 1. The average molecular weight is 408 g/mol. The number of hydrogen-bond donors (Lipinski definition) is 0. The summed E-state index contributed by atoms with van der Waals surface area (Å²) in [6.45, 7) is 7.28. The zero-order chi connectivity index (χ0) is 21.3. The quantitative estimate of drug-likeness (QED) is 0.356. The molecule has 0 aromatic heterocycles. The number of hydrogen-bond acceptors (Lipinski definition) is 5. The Morgan fingerprint density at radius 3 is 2.55 bits per heavy atom. The third-order valence-corrected chi connectivity index (χ3v) is 3.71. The molecule has 0 radical (unpaired) electrons. The van der Waals surface area contributed by atoms with Crippen molar-refractivity contribution in [3.8, 4) is 11.5 Å². The lowest BCUT2D eigenvalue weighted by Gasteiger charge is -2.24. The molecule has 0 amide bonds. The summed E-state index contributed by atoms with van der Waals surface area (Å²) in [5, 5.41) is 0. The van der Waals surface area contributed by atoms with Crippen LogP contribution < -0.4 is 14.4 Å². The molecule has 29 heavy (non-hydrogen) atoms. The zero-order valence-electron chi connectivity index (χ0n) is 15.6. The van der Waals surface area contributed by atoms with Crippen LogP contribution >= 0.6 is 0 Å². The normalized spacial score (nSPS) is 10.7. The fraction of sp³-hybridized carbons (Fsp3) is 0.300. The molecule has 2 rings (SSSR count). The molecule has 0 bridgehead atoms. The number of carbonyl (C=O) groups excluding carboxylic acids is 1. The number of rotatable bonds is 9. The first kappa shape index (κ1) is 21.9. The largest absolute Gasteiger partial charge is 0.573 e. The molecule has 0 aliphatic heterocycles. The Hall–Kier alpha value is -3.41. The van der Waals surface area contributed by atoms with Crippen LogP contribution in [-0.4, -0.2) is 39.1 Å². The van der Waals surface area contributed by atoms with Crippen LogP contribution in [-0.2, 0) is 16.1 Å². The fourth-order valence-electron chi connectivity index (χ4n) is 2.50. The number of benzene rings is 2. The molecule has 0 unspecified atom stereocenters. The summed E-state index contributed by atoms with van der Waals surface area (Å²) in [7, 11) is 1.23. The smallest absolute Gasteiger partial charge is 0.486 e. The first-order valence-corrected chi connectivity index (χ1v) is 8.53. The molecule has 0 aliphatic carbocycles. The van der Waals surface area contributed by atoms with E-state index in [2.05, 4.69) is 9.58 Å². The van der Waals surface area contributed by atoms with Crippen LogP contribution in [0.5, 0.6) is 11.5 Å². The Labute approximate surface area is 166 Å². The van der Waals surface area contributed by atoms with Gasteiger partial charge in [-0.2, -0.15) is 0 Å². The Morgan fingerprint density at radius 2 is 1.86 bits per heavy atom. The molecular weight excluding hydrogens is 389 g/mol. The Bertz CT molecular complexity index is 865. The van der Waals surface area contributed by atoms with E-state index < -0.39 is 12.3 Å². The number of halogens is 3. The molecule has 0 heterocycles. The van der Waals surface area contributed by atoms with Crippen LogP contribution in [0, 0.1) is 6.57 Å². The van der Waals surface area contributed by atoms with Gasteiger partial charge in [0, 0.05) is 18.3 Å². The molecule has 0 saturated carbocycles. The van der Waals surface area contributed by atoms with Crippen molar-refractivity contribution in [1.29, 1.82) is 0 Å². The molecule has 0 saturated heterocycles. The summed E-state index contributed by atoms with van der Waals surface area (Å²) < 4.78 is 51.7. The van der Waals surface area contributed by atoms with Gasteiger partial charge in [0.05, 0.1) is 7.11 Å². The molecule has 0 fully saturated rings. The number of alkyl halides is 3. The minimum absolute atomic E-state index is 0.172. The standard InChI is InChI=1S/C20H19F3N2O4/c1-24-9-10-28-17-7-3-5-15(11-17)13-25(14-19(26)27-2)16-6-4-8-18(12-16)29-20(21,22)23/h3-8,11-12H,9-10,13-14H2,2H3. The fourth-order valence-corrected chi connectivity index (χ4v) is 2.50. The molecule has 0 aliphatic rings. The van der Waals surface area contributed by atoms with Crippen molar-refractivity contribution in [2.24, 2.45) is 0 Å². The summed E-state index contributed by atoms with van der Waals surface area (Å²) in [6.07, 6.45) is -4.82. The minimum Gasteiger partial charge on any atom is -0.486 e. The maximum atomic E-state index is 12.5. The summed E-state index contributed by atoms with van der Waals surface area (Å²) in [5.74, 6) is -0.379. The van der Waals surface area contributed by atoms with Gasteiger partial charge in [-0.1, -0.05) is 18.2 Å². The number of nitrogens with zero attached hydrogens (tertiary/aromatic N) is 2. The maximum Gasteiger partial charge on any atom is 0.573 e. The predicted octanol–water partition coefficient (Wildman–Crippen LogP) is 4.06. The summed E-state index contributed by atoms with van der Waals surface area (Å²) in [4.78, 5) is 16.6. The van der Waals surface area contributed by atoms with Crippen LogP contribution in [0.1, 0.15) is 5.56 Å². The van der Waals surface area contributed by atoms with E-state index in [1.165, 1.54) is 25.3 Å². The van der Waals surface area contributed by atoms with Gasteiger partial charge in [-0.15, -0.1) is 13.2 Å². The van der Waals surface area contributed by atoms with Gasteiger partial charge in [-0.25, -0.2) is 6.57 Å². The van der Waals surface area contributed by atoms with Crippen LogP contribution in [0.4, 0.5) is 18.9 Å². The van der Waals surface area contributed by atoms with E-state index in [0.717, 1.165) is 5.56 Å². The van der Waals surface area contributed by atoms with Crippen LogP contribution in [0.15, 0.2) is 48.5 Å². The molecule has 0 spiro atoms. The van der Waals surface area contributed by atoms with Gasteiger partial charge in [0.2, 0.25) is 6.54 Å². The Balaban J connectivity index is 2.23. The SMILES string of the molecule is [C-]#[N+]CCOc1cccc(CN(CC(=O)OC)c2cccc(OC(F)(F)F)c2)c1. The Morgan fingerprint density at radius 1 is 1.14 bits per heavy atom. The first-order valence-electron chi connectivity index (χ1n) is 8.53. The first-order chi connectivity index (χ1) is 13.8. The van der Waals surface area contributed by atoms with E-state index in [-0.39, 0.29) is 32.0 Å². The molecular formula is C20H19F3N2O4. The summed E-state index contributed by atoms with van der Waals surface area (Å²) >= 11 is 0.